The van der Waals surface area contributed by atoms with Crippen LogP contribution in [0.2, 0.25) is 0 Å². The number of thioether (sulfide) groups is 1. The SMILES string of the molecule is CSCCC(NC(=O)CCc1cccc(C)c1)C(=O)O. The van der Waals surface area contributed by atoms with Gasteiger partial charge >= 0.3 is 5.97 Å². The van der Waals surface area contributed by atoms with Crippen LogP contribution in [0.25, 0.3) is 0 Å². The first-order valence-electron chi connectivity index (χ1n) is 6.59. The van der Waals surface area contributed by atoms with Gasteiger partial charge in [-0.15, -0.1) is 0 Å². The van der Waals surface area contributed by atoms with Gasteiger partial charge in [0.05, 0.1) is 0 Å². The summed E-state index contributed by atoms with van der Waals surface area (Å²) in [5.74, 6) is -0.460. The molecule has 0 bridgehead atoms. The predicted octanol–water partition coefficient (Wildman–Crippen LogP) is 2.25. The average molecular weight is 295 g/mol. The Kier molecular flexibility index (Phi) is 7.15. The van der Waals surface area contributed by atoms with Gasteiger partial charge in [0, 0.05) is 6.42 Å². The Labute approximate surface area is 124 Å². The number of amides is 1. The van der Waals surface area contributed by atoms with Crippen LogP contribution in [0.5, 0.6) is 0 Å². The van der Waals surface area contributed by atoms with Crippen molar-refractivity contribution in [2.75, 3.05) is 12.0 Å². The molecular formula is C15H21NO3S. The summed E-state index contributed by atoms with van der Waals surface area (Å²) in [4.78, 5) is 22.8. The highest BCUT2D eigenvalue weighted by Gasteiger charge is 2.18. The second-order valence-corrected chi connectivity index (χ2v) is 5.71. The van der Waals surface area contributed by atoms with Gasteiger partial charge in [-0.1, -0.05) is 29.8 Å². The van der Waals surface area contributed by atoms with E-state index in [1.54, 1.807) is 11.8 Å². The van der Waals surface area contributed by atoms with Gasteiger partial charge in [-0.2, -0.15) is 11.8 Å². The van der Waals surface area contributed by atoms with Gasteiger partial charge in [0.25, 0.3) is 0 Å². The minimum Gasteiger partial charge on any atom is -0.480 e. The van der Waals surface area contributed by atoms with Crippen molar-refractivity contribution in [1.82, 2.24) is 5.32 Å². The molecule has 1 aromatic carbocycles. The third-order valence-corrected chi connectivity index (χ3v) is 3.61. The van der Waals surface area contributed by atoms with Gasteiger partial charge in [0.2, 0.25) is 5.91 Å². The lowest BCUT2D eigenvalue weighted by Gasteiger charge is -2.13. The Morgan fingerprint density at radius 3 is 2.75 bits per heavy atom. The topological polar surface area (TPSA) is 66.4 Å². The number of hydrogen-bond acceptors (Lipinski definition) is 3. The summed E-state index contributed by atoms with van der Waals surface area (Å²) in [6.45, 7) is 2.01. The first-order chi connectivity index (χ1) is 9.52. The van der Waals surface area contributed by atoms with E-state index in [-0.39, 0.29) is 5.91 Å². The van der Waals surface area contributed by atoms with Gasteiger partial charge in [-0.25, -0.2) is 4.79 Å². The fourth-order valence-electron chi connectivity index (χ4n) is 1.89. The molecule has 5 heteroatoms. The highest BCUT2D eigenvalue weighted by atomic mass is 32.2. The number of aliphatic carboxylic acids is 1. The van der Waals surface area contributed by atoms with Crippen molar-refractivity contribution in [3.8, 4) is 0 Å². The molecule has 0 saturated heterocycles. The fourth-order valence-corrected chi connectivity index (χ4v) is 2.36. The predicted molar refractivity (Wildman–Crippen MR) is 82.1 cm³/mol. The van der Waals surface area contributed by atoms with Gasteiger partial charge in [-0.3, -0.25) is 4.79 Å². The maximum Gasteiger partial charge on any atom is 0.326 e. The Morgan fingerprint density at radius 1 is 1.40 bits per heavy atom. The van der Waals surface area contributed by atoms with Crippen LogP contribution < -0.4 is 5.32 Å². The molecule has 1 atom stereocenters. The number of aryl methyl sites for hydroxylation is 2. The molecule has 0 aliphatic heterocycles. The van der Waals surface area contributed by atoms with Crippen LogP contribution in [0.1, 0.15) is 24.0 Å². The second-order valence-electron chi connectivity index (χ2n) is 4.73. The molecule has 1 aromatic rings. The number of hydrogen-bond donors (Lipinski definition) is 2. The third-order valence-electron chi connectivity index (χ3n) is 2.97. The molecule has 0 saturated carbocycles. The Hall–Kier alpha value is -1.49. The van der Waals surface area contributed by atoms with E-state index in [0.717, 1.165) is 16.9 Å². The smallest absolute Gasteiger partial charge is 0.326 e. The summed E-state index contributed by atoms with van der Waals surface area (Å²) in [7, 11) is 0. The van der Waals surface area contributed by atoms with Crippen molar-refractivity contribution in [1.29, 1.82) is 0 Å². The number of benzene rings is 1. The van der Waals surface area contributed by atoms with Crippen molar-refractivity contribution in [3.05, 3.63) is 35.4 Å². The quantitative estimate of drug-likeness (QED) is 0.772. The molecule has 0 aromatic heterocycles. The highest BCUT2D eigenvalue weighted by molar-refractivity contribution is 7.98. The number of carboxylic acid groups (broad SMARTS) is 1. The van der Waals surface area contributed by atoms with Gasteiger partial charge < -0.3 is 10.4 Å². The number of carbonyl (C=O) groups excluding carboxylic acids is 1. The van der Waals surface area contributed by atoms with Crippen molar-refractivity contribution in [3.63, 3.8) is 0 Å². The molecule has 20 heavy (non-hydrogen) atoms. The normalized spacial score (nSPS) is 11.9. The standard InChI is InChI=1S/C15H21NO3S/c1-11-4-3-5-12(10-11)6-7-14(17)16-13(15(18)19)8-9-20-2/h3-5,10,13H,6-9H2,1-2H3,(H,16,17)(H,18,19). The molecule has 2 N–H and O–H groups in total. The highest BCUT2D eigenvalue weighted by Crippen LogP contribution is 2.07. The summed E-state index contributed by atoms with van der Waals surface area (Å²) < 4.78 is 0. The maximum atomic E-state index is 11.8. The molecule has 1 rings (SSSR count). The Balaban J connectivity index is 2.43. The molecule has 0 radical (unpaired) electrons. The van der Waals surface area contributed by atoms with Crippen LogP contribution in [0.3, 0.4) is 0 Å². The van der Waals surface area contributed by atoms with Crippen LogP contribution >= 0.6 is 11.8 Å². The van der Waals surface area contributed by atoms with E-state index in [9.17, 15) is 9.59 Å². The minimum atomic E-state index is -0.969. The Bertz CT molecular complexity index is 462. The number of nitrogens with one attached hydrogen (secondary N) is 1. The van der Waals surface area contributed by atoms with E-state index >= 15 is 0 Å². The maximum absolute atomic E-state index is 11.8. The lowest BCUT2D eigenvalue weighted by molar-refractivity contribution is -0.141. The van der Waals surface area contributed by atoms with Crippen LogP contribution in [-0.2, 0) is 16.0 Å². The van der Waals surface area contributed by atoms with E-state index in [1.165, 1.54) is 0 Å². The second kappa shape index (κ2) is 8.64. The van der Waals surface area contributed by atoms with E-state index in [0.29, 0.717) is 19.3 Å². The van der Waals surface area contributed by atoms with E-state index in [1.807, 2.05) is 37.4 Å². The number of rotatable bonds is 8. The van der Waals surface area contributed by atoms with Crippen molar-refractivity contribution in [2.45, 2.75) is 32.2 Å². The third kappa shape index (κ3) is 6.10. The monoisotopic (exact) mass is 295 g/mol. The summed E-state index contributed by atoms with van der Waals surface area (Å²) in [6.07, 6.45) is 3.31. The minimum absolute atomic E-state index is 0.208. The fraction of sp³-hybridized carbons (Fsp3) is 0.467. The van der Waals surface area contributed by atoms with E-state index in [2.05, 4.69) is 5.32 Å². The zero-order valence-electron chi connectivity index (χ0n) is 11.9. The van der Waals surface area contributed by atoms with Crippen LogP contribution in [-0.4, -0.2) is 35.0 Å². The van der Waals surface area contributed by atoms with Gasteiger partial charge in [-0.05, 0) is 37.3 Å². The number of carbonyl (C=O) groups is 2. The average Bonchev–Trinajstić information content (AvgIpc) is 2.41. The van der Waals surface area contributed by atoms with E-state index < -0.39 is 12.0 Å². The van der Waals surface area contributed by atoms with Crippen molar-refractivity contribution in [2.24, 2.45) is 0 Å². The Morgan fingerprint density at radius 2 is 2.15 bits per heavy atom. The molecule has 0 fully saturated rings. The van der Waals surface area contributed by atoms with Crippen LogP contribution in [0.4, 0.5) is 0 Å². The molecule has 0 aliphatic carbocycles. The summed E-state index contributed by atoms with van der Waals surface area (Å²) in [5, 5.41) is 11.6. The van der Waals surface area contributed by atoms with Gasteiger partial charge in [0.1, 0.15) is 6.04 Å². The molecule has 0 spiro atoms. The van der Waals surface area contributed by atoms with Crippen LogP contribution in [0, 0.1) is 6.92 Å². The first-order valence-corrected chi connectivity index (χ1v) is 7.99. The molecule has 1 amide bonds. The zero-order chi connectivity index (χ0) is 15.0. The van der Waals surface area contributed by atoms with Crippen molar-refractivity contribution >= 4 is 23.6 Å². The molecular weight excluding hydrogens is 274 g/mol. The molecule has 1 unspecified atom stereocenters. The zero-order valence-corrected chi connectivity index (χ0v) is 12.7. The van der Waals surface area contributed by atoms with Crippen LogP contribution in [0.15, 0.2) is 24.3 Å². The molecule has 110 valence electrons. The summed E-state index contributed by atoms with van der Waals surface area (Å²) in [6, 6.07) is 7.19. The first kappa shape index (κ1) is 16.6. The van der Waals surface area contributed by atoms with E-state index in [4.69, 9.17) is 5.11 Å². The summed E-state index contributed by atoms with van der Waals surface area (Å²) in [5.41, 5.74) is 2.25. The molecule has 0 heterocycles. The van der Waals surface area contributed by atoms with Crippen molar-refractivity contribution < 1.29 is 14.7 Å². The number of carboxylic acids is 1. The molecule has 0 aliphatic rings. The summed E-state index contributed by atoms with van der Waals surface area (Å²) >= 11 is 1.57. The lowest BCUT2D eigenvalue weighted by Crippen LogP contribution is -2.41. The van der Waals surface area contributed by atoms with Gasteiger partial charge in [0.15, 0.2) is 0 Å². The lowest BCUT2D eigenvalue weighted by atomic mass is 10.1. The largest absolute Gasteiger partial charge is 0.480 e. The molecule has 4 nitrogen and oxygen atoms in total.